The highest BCUT2D eigenvalue weighted by Crippen LogP contribution is 2.30. The van der Waals surface area contributed by atoms with Gasteiger partial charge in [0.2, 0.25) is 0 Å². The molecule has 2 rings (SSSR count). The Hall–Kier alpha value is -0.380. The molecule has 1 aliphatic heterocycles. The molecule has 0 bridgehead atoms. The highest BCUT2D eigenvalue weighted by Gasteiger charge is 2.34. The summed E-state index contributed by atoms with van der Waals surface area (Å²) in [5.41, 5.74) is 1.69. The van der Waals surface area contributed by atoms with E-state index in [1.807, 2.05) is 0 Å². The summed E-state index contributed by atoms with van der Waals surface area (Å²) in [6.45, 7) is 13.8. The summed E-state index contributed by atoms with van der Waals surface area (Å²) in [6, 6.07) is 10.3. The highest BCUT2D eigenvalue weighted by molar-refractivity contribution is 9.10. The highest BCUT2D eigenvalue weighted by atomic mass is 79.9. The molecule has 0 aromatic heterocycles. The first-order valence-electron chi connectivity index (χ1n) is 7.53. The number of benzene rings is 1. The van der Waals surface area contributed by atoms with Crippen molar-refractivity contribution in [3.8, 4) is 0 Å². The molecule has 1 saturated heterocycles. The molecule has 0 amide bonds. The predicted molar refractivity (Wildman–Crippen MR) is 90.0 cm³/mol. The third kappa shape index (κ3) is 3.63. The maximum absolute atomic E-state index is 3.71. The van der Waals surface area contributed by atoms with E-state index in [1.54, 1.807) is 0 Å². The smallest absolute Gasteiger partial charge is 0.0324 e. The molecule has 0 aliphatic carbocycles. The van der Waals surface area contributed by atoms with E-state index in [9.17, 15) is 0 Å². The number of halogens is 1. The second kappa shape index (κ2) is 6.17. The summed E-state index contributed by atoms with van der Waals surface area (Å²) in [4.78, 5) is 2.63. The normalized spacial score (nSPS) is 26.5. The van der Waals surface area contributed by atoms with E-state index in [2.05, 4.69) is 85.0 Å². The van der Waals surface area contributed by atoms with Crippen LogP contribution in [0.1, 0.15) is 46.2 Å². The topological polar surface area (TPSA) is 15.3 Å². The summed E-state index contributed by atoms with van der Waals surface area (Å²) in [5.74, 6) is 0. The first-order chi connectivity index (χ1) is 9.29. The summed E-state index contributed by atoms with van der Waals surface area (Å²) in [5, 5.41) is 3.71. The molecule has 3 heteroatoms. The van der Waals surface area contributed by atoms with E-state index < -0.39 is 0 Å². The zero-order valence-electron chi connectivity index (χ0n) is 13.3. The van der Waals surface area contributed by atoms with Gasteiger partial charge in [-0.15, -0.1) is 0 Å². The zero-order valence-corrected chi connectivity index (χ0v) is 14.9. The number of rotatable bonds is 2. The molecule has 1 fully saturated rings. The predicted octanol–water partition coefficient (Wildman–Crippen LogP) is 4.22. The van der Waals surface area contributed by atoms with E-state index in [0.29, 0.717) is 23.5 Å². The molecule has 112 valence electrons. The second-order valence-electron chi connectivity index (χ2n) is 7.10. The first-order valence-corrected chi connectivity index (χ1v) is 8.33. The van der Waals surface area contributed by atoms with Crippen molar-refractivity contribution in [1.82, 2.24) is 10.2 Å². The molecule has 20 heavy (non-hydrogen) atoms. The second-order valence-corrected chi connectivity index (χ2v) is 8.02. The Labute approximate surface area is 132 Å². The fraction of sp³-hybridized carbons (Fsp3) is 0.647. The monoisotopic (exact) mass is 338 g/mol. The molecule has 0 spiro atoms. The van der Waals surface area contributed by atoms with E-state index >= 15 is 0 Å². The molecule has 1 heterocycles. The van der Waals surface area contributed by atoms with Crippen LogP contribution in [0.25, 0.3) is 0 Å². The standard InChI is InChI=1S/C17H27BrN2/c1-12-10-19-16(17(3,4)5)11-20(12)13(2)14-7-6-8-15(18)9-14/h6-9,12-13,16,19H,10-11H2,1-5H3. The van der Waals surface area contributed by atoms with Crippen molar-refractivity contribution >= 4 is 15.9 Å². The van der Waals surface area contributed by atoms with Crippen LogP contribution < -0.4 is 5.32 Å². The van der Waals surface area contributed by atoms with Crippen molar-refractivity contribution in [3.63, 3.8) is 0 Å². The van der Waals surface area contributed by atoms with E-state index in [4.69, 9.17) is 0 Å². The molecule has 1 aromatic rings. The number of hydrogen-bond acceptors (Lipinski definition) is 2. The van der Waals surface area contributed by atoms with E-state index in [-0.39, 0.29) is 0 Å². The van der Waals surface area contributed by atoms with Gasteiger partial charge in [0.15, 0.2) is 0 Å². The van der Waals surface area contributed by atoms with Crippen molar-refractivity contribution in [2.75, 3.05) is 13.1 Å². The Balaban J connectivity index is 2.17. The van der Waals surface area contributed by atoms with Crippen LogP contribution in [0.3, 0.4) is 0 Å². The zero-order chi connectivity index (χ0) is 14.9. The average Bonchev–Trinajstić information content (AvgIpc) is 2.37. The van der Waals surface area contributed by atoms with E-state index in [1.165, 1.54) is 5.56 Å². The average molecular weight is 339 g/mol. The van der Waals surface area contributed by atoms with Gasteiger partial charge in [0, 0.05) is 35.7 Å². The van der Waals surface area contributed by atoms with Crippen molar-refractivity contribution in [2.24, 2.45) is 5.41 Å². The first kappa shape index (κ1) is 16.0. The van der Waals surface area contributed by atoms with Crippen molar-refractivity contribution in [3.05, 3.63) is 34.3 Å². The summed E-state index contributed by atoms with van der Waals surface area (Å²) < 4.78 is 1.16. The molecular formula is C17H27BrN2. The van der Waals surface area contributed by atoms with Crippen LogP contribution in [-0.4, -0.2) is 30.1 Å². The fourth-order valence-electron chi connectivity index (χ4n) is 2.96. The van der Waals surface area contributed by atoms with Gasteiger partial charge in [-0.3, -0.25) is 4.90 Å². The minimum atomic E-state index is 0.301. The van der Waals surface area contributed by atoms with Crippen LogP contribution in [0.15, 0.2) is 28.7 Å². The summed E-state index contributed by atoms with van der Waals surface area (Å²) in [7, 11) is 0. The van der Waals surface area contributed by atoms with E-state index in [0.717, 1.165) is 17.6 Å². The molecule has 0 radical (unpaired) electrons. The third-order valence-electron chi connectivity index (χ3n) is 4.49. The van der Waals surface area contributed by atoms with Crippen molar-refractivity contribution in [2.45, 2.75) is 52.7 Å². The van der Waals surface area contributed by atoms with Crippen LogP contribution in [0.2, 0.25) is 0 Å². The number of hydrogen-bond donors (Lipinski definition) is 1. The lowest BCUT2D eigenvalue weighted by atomic mass is 9.84. The quantitative estimate of drug-likeness (QED) is 0.868. The SMILES string of the molecule is CC1CNC(C(C)(C)C)CN1C(C)c1cccc(Br)c1. The van der Waals surface area contributed by atoms with Crippen LogP contribution in [0.5, 0.6) is 0 Å². The lowest BCUT2D eigenvalue weighted by Gasteiger charge is -2.46. The number of piperazine rings is 1. The minimum absolute atomic E-state index is 0.301. The van der Waals surface area contributed by atoms with Crippen molar-refractivity contribution < 1.29 is 0 Å². The molecule has 3 atom stereocenters. The summed E-state index contributed by atoms with van der Waals surface area (Å²) in [6.07, 6.45) is 0. The van der Waals surface area contributed by atoms with Gasteiger partial charge in [-0.05, 0) is 37.0 Å². The number of nitrogens with one attached hydrogen (secondary N) is 1. The minimum Gasteiger partial charge on any atom is -0.311 e. The van der Waals surface area contributed by atoms with Gasteiger partial charge in [-0.2, -0.15) is 0 Å². The van der Waals surface area contributed by atoms with Gasteiger partial charge in [0.05, 0.1) is 0 Å². The number of nitrogens with zero attached hydrogens (tertiary/aromatic N) is 1. The van der Waals surface area contributed by atoms with Crippen molar-refractivity contribution in [1.29, 1.82) is 0 Å². The van der Waals surface area contributed by atoms with Gasteiger partial charge in [-0.25, -0.2) is 0 Å². The summed E-state index contributed by atoms with van der Waals surface area (Å²) >= 11 is 3.58. The van der Waals surface area contributed by atoms with Gasteiger partial charge < -0.3 is 5.32 Å². The molecule has 1 N–H and O–H groups in total. The molecule has 2 nitrogen and oxygen atoms in total. The Bertz CT molecular complexity index is 453. The molecule has 3 unspecified atom stereocenters. The van der Waals surface area contributed by atoms with Gasteiger partial charge in [0.1, 0.15) is 0 Å². The Morgan fingerprint density at radius 3 is 2.65 bits per heavy atom. The Morgan fingerprint density at radius 1 is 1.35 bits per heavy atom. The van der Waals surface area contributed by atoms with Gasteiger partial charge in [-0.1, -0.05) is 48.8 Å². The molecule has 1 aromatic carbocycles. The maximum atomic E-state index is 3.71. The fourth-order valence-corrected chi connectivity index (χ4v) is 3.38. The third-order valence-corrected chi connectivity index (χ3v) is 4.99. The Kier molecular flexibility index (Phi) is 4.93. The van der Waals surface area contributed by atoms with Crippen LogP contribution >= 0.6 is 15.9 Å². The van der Waals surface area contributed by atoms with Crippen LogP contribution in [-0.2, 0) is 0 Å². The lowest BCUT2D eigenvalue weighted by molar-refractivity contribution is 0.0628. The molecule has 1 aliphatic rings. The molecule has 0 saturated carbocycles. The van der Waals surface area contributed by atoms with Gasteiger partial charge in [0.25, 0.3) is 0 Å². The van der Waals surface area contributed by atoms with Crippen LogP contribution in [0.4, 0.5) is 0 Å². The van der Waals surface area contributed by atoms with Gasteiger partial charge >= 0.3 is 0 Å². The lowest BCUT2D eigenvalue weighted by Crippen LogP contribution is -2.59. The largest absolute Gasteiger partial charge is 0.311 e. The Morgan fingerprint density at radius 2 is 2.05 bits per heavy atom. The molecular weight excluding hydrogens is 312 g/mol. The van der Waals surface area contributed by atoms with Crippen LogP contribution in [0, 0.1) is 5.41 Å². The maximum Gasteiger partial charge on any atom is 0.0324 e.